The first kappa shape index (κ1) is 13.5. The fourth-order valence-electron chi connectivity index (χ4n) is 2.88. The lowest BCUT2D eigenvalue weighted by atomic mass is 9.95. The first-order chi connectivity index (χ1) is 11.3. The van der Waals surface area contributed by atoms with Crippen molar-refractivity contribution < 1.29 is 14.1 Å². The van der Waals surface area contributed by atoms with E-state index in [-0.39, 0.29) is 5.76 Å². The van der Waals surface area contributed by atoms with Gasteiger partial charge in [0.1, 0.15) is 5.69 Å². The summed E-state index contributed by atoms with van der Waals surface area (Å²) in [7, 11) is 1.32. The number of hydrogen-bond acceptors (Lipinski definition) is 4. The Labute approximate surface area is 132 Å². The smallest absolute Gasteiger partial charge is 0.376 e. The number of ether oxygens (including phenoxy) is 1. The van der Waals surface area contributed by atoms with Crippen molar-refractivity contribution in [2.24, 2.45) is 0 Å². The molecule has 23 heavy (non-hydrogen) atoms. The number of fused-ring (bicyclic) bond motifs is 2. The van der Waals surface area contributed by atoms with Gasteiger partial charge in [-0.15, -0.1) is 0 Å². The summed E-state index contributed by atoms with van der Waals surface area (Å²) in [5.41, 5.74) is 1.58. The number of esters is 1. The second-order valence-electron chi connectivity index (χ2n) is 5.26. The number of rotatable bonds is 2. The van der Waals surface area contributed by atoms with Gasteiger partial charge >= 0.3 is 5.97 Å². The fourth-order valence-corrected chi connectivity index (χ4v) is 2.88. The summed E-state index contributed by atoms with van der Waals surface area (Å²) >= 11 is 0. The standard InChI is InChI=1S/C19H13NO3/c1-22-19(21)17-11-16(20-23-17)18-14-8-4-2-6-12(14)10-13-7-3-5-9-15(13)18/h2-11H,1H3. The third kappa shape index (κ3) is 2.16. The molecule has 0 amide bonds. The Bertz CT molecular complexity index is 979. The highest BCUT2D eigenvalue weighted by atomic mass is 16.5. The Morgan fingerprint density at radius 2 is 1.57 bits per heavy atom. The van der Waals surface area contributed by atoms with Crippen molar-refractivity contribution in [2.45, 2.75) is 0 Å². The van der Waals surface area contributed by atoms with Crippen LogP contribution in [0.15, 0.2) is 65.2 Å². The fraction of sp³-hybridized carbons (Fsp3) is 0.0526. The molecule has 0 unspecified atom stereocenters. The summed E-state index contributed by atoms with van der Waals surface area (Å²) in [5, 5.41) is 8.44. The highest BCUT2D eigenvalue weighted by Gasteiger charge is 2.17. The van der Waals surface area contributed by atoms with Crippen LogP contribution in [0.25, 0.3) is 32.8 Å². The Kier molecular flexibility index (Phi) is 3.08. The van der Waals surface area contributed by atoms with Crippen LogP contribution in [0.5, 0.6) is 0 Å². The van der Waals surface area contributed by atoms with E-state index < -0.39 is 5.97 Å². The summed E-state index contributed by atoms with van der Waals surface area (Å²) in [4.78, 5) is 11.6. The predicted octanol–water partition coefficient (Wildman–Crippen LogP) is 4.43. The largest absolute Gasteiger partial charge is 0.463 e. The van der Waals surface area contributed by atoms with E-state index in [1.165, 1.54) is 7.11 Å². The molecule has 0 radical (unpaired) electrons. The van der Waals surface area contributed by atoms with Crippen molar-refractivity contribution in [3.05, 3.63) is 66.4 Å². The number of hydrogen-bond donors (Lipinski definition) is 0. The number of methoxy groups -OCH3 is 1. The van der Waals surface area contributed by atoms with Gasteiger partial charge in [-0.2, -0.15) is 0 Å². The molecule has 0 atom stereocenters. The van der Waals surface area contributed by atoms with E-state index in [0.717, 1.165) is 27.1 Å². The van der Waals surface area contributed by atoms with E-state index in [4.69, 9.17) is 4.52 Å². The summed E-state index contributed by atoms with van der Waals surface area (Å²) in [6, 6.07) is 20.0. The van der Waals surface area contributed by atoms with Crippen LogP contribution in [0, 0.1) is 0 Å². The lowest BCUT2D eigenvalue weighted by Crippen LogP contribution is -1.98. The zero-order valence-corrected chi connectivity index (χ0v) is 12.4. The first-order valence-electron chi connectivity index (χ1n) is 7.24. The van der Waals surface area contributed by atoms with E-state index in [2.05, 4.69) is 28.1 Å². The Balaban J connectivity index is 2.07. The minimum absolute atomic E-state index is 0.0968. The number of carbonyl (C=O) groups is 1. The van der Waals surface area contributed by atoms with Gasteiger partial charge in [0.05, 0.1) is 7.11 Å². The van der Waals surface area contributed by atoms with Crippen LogP contribution < -0.4 is 0 Å². The van der Waals surface area contributed by atoms with Crippen LogP contribution in [0.2, 0.25) is 0 Å². The molecule has 3 aromatic carbocycles. The molecule has 4 nitrogen and oxygen atoms in total. The molecule has 4 rings (SSSR count). The Morgan fingerprint density at radius 3 is 2.17 bits per heavy atom. The van der Waals surface area contributed by atoms with Gasteiger partial charge in [0.15, 0.2) is 0 Å². The van der Waals surface area contributed by atoms with E-state index >= 15 is 0 Å². The van der Waals surface area contributed by atoms with Crippen molar-refractivity contribution >= 4 is 27.5 Å². The topological polar surface area (TPSA) is 52.3 Å². The molecular formula is C19H13NO3. The molecule has 0 saturated carbocycles. The number of carbonyl (C=O) groups excluding carboxylic acids is 1. The van der Waals surface area contributed by atoms with E-state index in [1.807, 2.05) is 36.4 Å². The molecule has 1 aromatic heterocycles. The molecule has 0 fully saturated rings. The van der Waals surface area contributed by atoms with Gasteiger partial charge in [0.25, 0.3) is 0 Å². The minimum atomic E-state index is -0.534. The average molecular weight is 303 g/mol. The molecule has 4 heteroatoms. The van der Waals surface area contributed by atoms with Crippen LogP contribution in [0.3, 0.4) is 0 Å². The molecule has 0 aliphatic heterocycles. The molecule has 0 aliphatic rings. The zero-order valence-electron chi connectivity index (χ0n) is 12.4. The molecule has 4 aromatic rings. The number of nitrogens with zero attached hydrogens (tertiary/aromatic N) is 1. The highest BCUT2D eigenvalue weighted by molar-refractivity contribution is 6.12. The van der Waals surface area contributed by atoms with Crippen LogP contribution in [0.4, 0.5) is 0 Å². The Morgan fingerprint density at radius 1 is 0.957 bits per heavy atom. The van der Waals surface area contributed by atoms with E-state index in [1.54, 1.807) is 6.07 Å². The van der Waals surface area contributed by atoms with Gasteiger partial charge in [-0.25, -0.2) is 4.79 Å². The molecule has 112 valence electrons. The molecule has 1 heterocycles. The highest BCUT2D eigenvalue weighted by Crippen LogP contribution is 2.35. The van der Waals surface area contributed by atoms with Crippen molar-refractivity contribution in [1.82, 2.24) is 5.16 Å². The lowest BCUT2D eigenvalue weighted by molar-refractivity contribution is 0.0554. The monoisotopic (exact) mass is 303 g/mol. The third-order valence-corrected chi connectivity index (χ3v) is 3.92. The molecule has 0 aliphatic carbocycles. The molecule has 0 bridgehead atoms. The van der Waals surface area contributed by atoms with Gasteiger partial charge in [0.2, 0.25) is 5.76 Å². The van der Waals surface area contributed by atoms with Crippen LogP contribution in [-0.2, 0) is 4.74 Å². The second kappa shape index (κ2) is 5.25. The van der Waals surface area contributed by atoms with Crippen LogP contribution in [-0.4, -0.2) is 18.2 Å². The first-order valence-corrected chi connectivity index (χ1v) is 7.24. The number of benzene rings is 3. The molecular weight excluding hydrogens is 290 g/mol. The minimum Gasteiger partial charge on any atom is -0.463 e. The summed E-state index contributed by atoms with van der Waals surface area (Å²) < 4.78 is 9.83. The second-order valence-corrected chi connectivity index (χ2v) is 5.26. The normalized spacial score (nSPS) is 11.0. The quantitative estimate of drug-likeness (QED) is 0.406. The molecule has 0 spiro atoms. The van der Waals surface area contributed by atoms with Crippen molar-refractivity contribution in [3.63, 3.8) is 0 Å². The van der Waals surface area contributed by atoms with E-state index in [0.29, 0.717) is 5.69 Å². The lowest BCUT2D eigenvalue weighted by Gasteiger charge is -2.09. The van der Waals surface area contributed by atoms with Gasteiger partial charge < -0.3 is 9.26 Å². The van der Waals surface area contributed by atoms with Crippen molar-refractivity contribution in [2.75, 3.05) is 7.11 Å². The maximum absolute atomic E-state index is 11.6. The molecule has 0 N–H and O–H groups in total. The van der Waals surface area contributed by atoms with E-state index in [9.17, 15) is 4.79 Å². The summed E-state index contributed by atoms with van der Waals surface area (Å²) in [5.74, 6) is -0.437. The van der Waals surface area contributed by atoms with Crippen molar-refractivity contribution in [1.29, 1.82) is 0 Å². The third-order valence-electron chi connectivity index (χ3n) is 3.92. The predicted molar refractivity (Wildman–Crippen MR) is 88.3 cm³/mol. The average Bonchev–Trinajstić information content (AvgIpc) is 3.08. The van der Waals surface area contributed by atoms with Gasteiger partial charge in [-0.05, 0) is 27.6 Å². The maximum Gasteiger partial charge on any atom is 0.376 e. The van der Waals surface area contributed by atoms with Gasteiger partial charge in [-0.3, -0.25) is 0 Å². The molecule has 0 saturated heterocycles. The number of aromatic nitrogens is 1. The van der Waals surface area contributed by atoms with Gasteiger partial charge in [-0.1, -0.05) is 53.7 Å². The maximum atomic E-state index is 11.6. The van der Waals surface area contributed by atoms with Crippen molar-refractivity contribution in [3.8, 4) is 11.3 Å². The summed E-state index contributed by atoms with van der Waals surface area (Å²) in [6.07, 6.45) is 0. The van der Waals surface area contributed by atoms with Crippen LogP contribution >= 0.6 is 0 Å². The van der Waals surface area contributed by atoms with Crippen LogP contribution in [0.1, 0.15) is 10.6 Å². The summed E-state index contributed by atoms with van der Waals surface area (Å²) in [6.45, 7) is 0. The van der Waals surface area contributed by atoms with Gasteiger partial charge in [0, 0.05) is 11.6 Å². The SMILES string of the molecule is COC(=O)c1cc(-c2c3ccccc3cc3ccccc23)no1. The Hall–Kier alpha value is -3.14. The zero-order chi connectivity index (χ0) is 15.8.